The largest absolute Gasteiger partial charge is 0.489 e. The maximum atomic E-state index is 9.14. The molecule has 5 heteroatoms. The van der Waals surface area contributed by atoms with Crippen molar-refractivity contribution in [3.63, 3.8) is 0 Å². The second kappa shape index (κ2) is 6.03. The van der Waals surface area contributed by atoms with Crippen LogP contribution in [-0.2, 0) is 24.6 Å². The van der Waals surface area contributed by atoms with E-state index in [4.69, 9.17) is 25.1 Å². The Balaban J connectivity index is 1.80. The number of hydrogen-bond acceptors (Lipinski definition) is 5. The first-order chi connectivity index (χ1) is 10.3. The molecule has 0 radical (unpaired) electrons. The summed E-state index contributed by atoms with van der Waals surface area (Å²) in [5.41, 5.74) is 9.19. The van der Waals surface area contributed by atoms with E-state index < -0.39 is 0 Å². The summed E-state index contributed by atoms with van der Waals surface area (Å²) < 4.78 is 16.6. The van der Waals surface area contributed by atoms with Gasteiger partial charge in [-0.05, 0) is 29.8 Å². The zero-order valence-corrected chi connectivity index (χ0v) is 11.5. The number of aliphatic hydroxyl groups is 1. The number of ether oxygens (including phenoxy) is 3. The van der Waals surface area contributed by atoms with Gasteiger partial charge < -0.3 is 25.1 Å². The Hall–Kier alpha value is -2.24. The minimum absolute atomic E-state index is 0.00860. The van der Waals surface area contributed by atoms with Gasteiger partial charge in [-0.2, -0.15) is 0 Å². The Bertz CT molecular complexity index is 642. The van der Waals surface area contributed by atoms with Crippen LogP contribution in [0.3, 0.4) is 0 Å². The third-order valence-electron chi connectivity index (χ3n) is 3.28. The quantitative estimate of drug-likeness (QED) is 0.843. The number of rotatable bonds is 4. The van der Waals surface area contributed by atoms with Gasteiger partial charge in [-0.1, -0.05) is 12.1 Å². The van der Waals surface area contributed by atoms with Gasteiger partial charge in [-0.3, -0.25) is 0 Å². The van der Waals surface area contributed by atoms with Crippen LogP contribution < -0.4 is 15.2 Å². The molecule has 2 aromatic carbocycles. The molecule has 1 heterocycles. The summed E-state index contributed by atoms with van der Waals surface area (Å²) in [7, 11) is 0. The third-order valence-corrected chi connectivity index (χ3v) is 3.28. The number of anilines is 1. The molecule has 21 heavy (non-hydrogen) atoms. The van der Waals surface area contributed by atoms with Crippen molar-refractivity contribution in [1.82, 2.24) is 0 Å². The average molecular weight is 287 g/mol. The average Bonchev–Trinajstić information content (AvgIpc) is 2.52. The van der Waals surface area contributed by atoms with Crippen LogP contribution in [0.2, 0.25) is 0 Å². The van der Waals surface area contributed by atoms with E-state index in [9.17, 15) is 0 Å². The topological polar surface area (TPSA) is 73.9 Å². The zero-order valence-electron chi connectivity index (χ0n) is 11.5. The van der Waals surface area contributed by atoms with Crippen LogP contribution in [-0.4, -0.2) is 11.9 Å². The van der Waals surface area contributed by atoms with Crippen molar-refractivity contribution in [1.29, 1.82) is 0 Å². The fourth-order valence-electron chi connectivity index (χ4n) is 2.33. The molecular formula is C16H17NO4. The Morgan fingerprint density at radius 3 is 3.00 bits per heavy atom. The molecule has 0 unspecified atom stereocenters. The van der Waals surface area contributed by atoms with E-state index in [0.717, 1.165) is 22.4 Å². The maximum absolute atomic E-state index is 9.14. The molecule has 0 aromatic heterocycles. The Labute approximate surface area is 122 Å². The number of nitrogen functional groups attached to an aromatic ring is 1. The van der Waals surface area contributed by atoms with Crippen LogP contribution in [0.5, 0.6) is 11.5 Å². The second-order valence-electron chi connectivity index (χ2n) is 4.87. The molecular weight excluding hydrogens is 270 g/mol. The maximum Gasteiger partial charge on any atom is 0.189 e. The Kier molecular flexibility index (Phi) is 3.94. The summed E-state index contributed by atoms with van der Waals surface area (Å²) in [6, 6.07) is 11.0. The molecule has 0 amide bonds. The standard InChI is InChI=1S/C16H17NO4/c17-14-5-12-8-19-10-21-16(12)13(6-14)9-20-15-3-1-2-11(4-15)7-18/h1-6,18H,7-10,17H2. The lowest BCUT2D eigenvalue weighted by molar-refractivity contribution is -0.0175. The summed E-state index contributed by atoms with van der Waals surface area (Å²) in [6.45, 7) is 1.07. The molecule has 5 nitrogen and oxygen atoms in total. The molecule has 2 aromatic rings. The fourth-order valence-corrected chi connectivity index (χ4v) is 2.33. The highest BCUT2D eigenvalue weighted by Gasteiger charge is 2.16. The first-order valence-corrected chi connectivity index (χ1v) is 6.70. The van der Waals surface area contributed by atoms with Crippen LogP contribution in [0.25, 0.3) is 0 Å². The molecule has 1 aliphatic rings. The van der Waals surface area contributed by atoms with Crippen LogP contribution in [0.4, 0.5) is 5.69 Å². The van der Waals surface area contributed by atoms with Crippen LogP contribution in [0.15, 0.2) is 36.4 Å². The van der Waals surface area contributed by atoms with Crippen molar-refractivity contribution in [2.24, 2.45) is 0 Å². The molecule has 3 N–H and O–H groups in total. The highest BCUT2D eigenvalue weighted by Crippen LogP contribution is 2.31. The summed E-state index contributed by atoms with van der Waals surface area (Å²) in [5, 5.41) is 9.14. The molecule has 0 spiro atoms. The van der Waals surface area contributed by atoms with Gasteiger partial charge in [0.15, 0.2) is 6.79 Å². The van der Waals surface area contributed by atoms with Gasteiger partial charge in [-0.25, -0.2) is 0 Å². The molecule has 0 bridgehead atoms. The number of hydrogen-bond donors (Lipinski definition) is 2. The van der Waals surface area contributed by atoms with Crippen molar-refractivity contribution < 1.29 is 19.3 Å². The number of aliphatic hydroxyl groups excluding tert-OH is 1. The van der Waals surface area contributed by atoms with Gasteiger partial charge in [0.1, 0.15) is 18.1 Å². The highest BCUT2D eigenvalue weighted by atomic mass is 16.7. The van der Waals surface area contributed by atoms with Gasteiger partial charge in [0.05, 0.1) is 13.2 Å². The molecule has 110 valence electrons. The molecule has 1 aliphatic heterocycles. The van der Waals surface area contributed by atoms with E-state index in [1.165, 1.54) is 0 Å². The van der Waals surface area contributed by atoms with E-state index in [2.05, 4.69) is 0 Å². The molecule has 0 saturated heterocycles. The zero-order chi connectivity index (χ0) is 14.7. The minimum Gasteiger partial charge on any atom is -0.489 e. The smallest absolute Gasteiger partial charge is 0.189 e. The summed E-state index contributed by atoms with van der Waals surface area (Å²) in [6.07, 6.45) is 0. The molecule has 0 atom stereocenters. The first-order valence-electron chi connectivity index (χ1n) is 6.70. The molecule has 0 saturated carbocycles. The lowest BCUT2D eigenvalue weighted by Crippen LogP contribution is -2.14. The molecule has 0 aliphatic carbocycles. The monoisotopic (exact) mass is 287 g/mol. The first kappa shape index (κ1) is 13.7. The minimum atomic E-state index is -0.00860. The van der Waals surface area contributed by atoms with Gasteiger partial charge in [-0.15, -0.1) is 0 Å². The predicted octanol–water partition coefficient (Wildman–Crippen LogP) is 2.21. The summed E-state index contributed by atoms with van der Waals surface area (Å²) in [4.78, 5) is 0. The predicted molar refractivity (Wildman–Crippen MR) is 77.8 cm³/mol. The Morgan fingerprint density at radius 1 is 1.24 bits per heavy atom. The van der Waals surface area contributed by atoms with Crippen molar-refractivity contribution in [2.45, 2.75) is 19.8 Å². The Morgan fingerprint density at radius 2 is 2.14 bits per heavy atom. The lowest BCUT2D eigenvalue weighted by atomic mass is 10.1. The van der Waals surface area contributed by atoms with E-state index >= 15 is 0 Å². The van der Waals surface area contributed by atoms with E-state index in [1.807, 2.05) is 36.4 Å². The highest BCUT2D eigenvalue weighted by molar-refractivity contribution is 5.53. The van der Waals surface area contributed by atoms with E-state index in [0.29, 0.717) is 24.7 Å². The lowest BCUT2D eigenvalue weighted by Gasteiger charge is -2.21. The SMILES string of the molecule is Nc1cc2c(c(COc3cccc(CO)c3)c1)OCOC2. The van der Waals surface area contributed by atoms with Crippen molar-refractivity contribution >= 4 is 5.69 Å². The summed E-state index contributed by atoms with van der Waals surface area (Å²) in [5.74, 6) is 1.48. The van der Waals surface area contributed by atoms with Crippen molar-refractivity contribution in [3.8, 4) is 11.5 Å². The van der Waals surface area contributed by atoms with Crippen molar-refractivity contribution in [3.05, 3.63) is 53.1 Å². The molecule has 0 fully saturated rings. The van der Waals surface area contributed by atoms with E-state index in [1.54, 1.807) is 0 Å². The van der Waals surface area contributed by atoms with Crippen LogP contribution in [0.1, 0.15) is 16.7 Å². The van der Waals surface area contributed by atoms with E-state index in [-0.39, 0.29) is 13.4 Å². The third kappa shape index (κ3) is 3.09. The second-order valence-corrected chi connectivity index (χ2v) is 4.87. The number of fused-ring (bicyclic) bond motifs is 1. The normalized spacial score (nSPS) is 13.4. The van der Waals surface area contributed by atoms with Gasteiger partial charge in [0, 0.05) is 16.8 Å². The van der Waals surface area contributed by atoms with Crippen LogP contribution in [0, 0.1) is 0 Å². The molecule has 3 rings (SSSR count). The van der Waals surface area contributed by atoms with Gasteiger partial charge >= 0.3 is 0 Å². The number of nitrogens with two attached hydrogens (primary N) is 1. The summed E-state index contributed by atoms with van der Waals surface area (Å²) >= 11 is 0. The van der Waals surface area contributed by atoms with Gasteiger partial charge in [0.25, 0.3) is 0 Å². The van der Waals surface area contributed by atoms with Crippen LogP contribution >= 0.6 is 0 Å². The fraction of sp³-hybridized carbons (Fsp3) is 0.250. The number of benzene rings is 2. The van der Waals surface area contributed by atoms with Gasteiger partial charge in [0.2, 0.25) is 0 Å². The van der Waals surface area contributed by atoms with Crippen molar-refractivity contribution in [2.75, 3.05) is 12.5 Å².